The molecular weight excluding hydrogens is 270 g/mol. The van der Waals surface area contributed by atoms with Crippen molar-refractivity contribution in [2.24, 2.45) is 0 Å². The van der Waals surface area contributed by atoms with E-state index in [1.807, 2.05) is 24.3 Å². The van der Waals surface area contributed by atoms with E-state index in [0.717, 1.165) is 37.2 Å². The number of carbonyl (C=O) groups excluding carboxylic acids is 1. The maximum atomic E-state index is 11.3. The van der Waals surface area contributed by atoms with Crippen molar-refractivity contribution in [1.29, 1.82) is 0 Å². The Bertz CT molecular complexity index is 444. The van der Waals surface area contributed by atoms with Crippen LogP contribution in [0.4, 0.5) is 0 Å². The van der Waals surface area contributed by atoms with Gasteiger partial charge in [-0.25, -0.2) is 0 Å². The lowest BCUT2D eigenvalue weighted by Gasteiger charge is -2.24. The highest BCUT2D eigenvalue weighted by atomic mass is 16.7. The second-order valence-electron chi connectivity index (χ2n) is 4.93. The van der Waals surface area contributed by atoms with Gasteiger partial charge < -0.3 is 19.5 Å². The Morgan fingerprint density at radius 3 is 3.00 bits per heavy atom. The van der Waals surface area contributed by atoms with Crippen LogP contribution in [-0.2, 0) is 20.8 Å². The molecule has 0 bridgehead atoms. The molecule has 1 fully saturated rings. The van der Waals surface area contributed by atoms with Crippen molar-refractivity contribution in [3.05, 3.63) is 29.8 Å². The number of nitrogens with one attached hydrogen (secondary N) is 1. The van der Waals surface area contributed by atoms with E-state index in [4.69, 9.17) is 14.2 Å². The van der Waals surface area contributed by atoms with Crippen LogP contribution in [-0.4, -0.2) is 32.0 Å². The van der Waals surface area contributed by atoms with Crippen LogP contribution in [0.5, 0.6) is 5.75 Å². The molecule has 1 atom stereocenters. The number of hydrogen-bond donors (Lipinski definition) is 1. The van der Waals surface area contributed by atoms with E-state index in [9.17, 15) is 4.79 Å². The maximum absolute atomic E-state index is 11.3. The van der Waals surface area contributed by atoms with Gasteiger partial charge in [-0.2, -0.15) is 0 Å². The van der Waals surface area contributed by atoms with Gasteiger partial charge in [0.2, 0.25) is 0 Å². The van der Waals surface area contributed by atoms with Crippen molar-refractivity contribution in [2.45, 2.75) is 39.0 Å². The predicted molar refractivity (Wildman–Crippen MR) is 79.0 cm³/mol. The van der Waals surface area contributed by atoms with Crippen LogP contribution in [0.2, 0.25) is 0 Å². The van der Waals surface area contributed by atoms with Crippen molar-refractivity contribution in [2.75, 3.05) is 19.8 Å². The zero-order valence-electron chi connectivity index (χ0n) is 12.5. The Hall–Kier alpha value is -1.59. The first-order valence-electron chi connectivity index (χ1n) is 7.52. The molecule has 116 valence electrons. The van der Waals surface area contributed by atoms with Crippen LogP contribution in [0.25, 0.3) is 0 Å². The van der Waals surface area contributed by atoms with Crippen LogP contribution in [0, 0.1) is 0 Å². The Morgan fingerprint density at radius 2 is 2.24 bits per heavy atom. The number of para-hydroxylation sites is 1. The van der Waals surface area contributed by atoms with Gasteiger partial charge >= 0.3 is 5.97 Å². The van der Waals surface area contributed by atoms with Crippen LogP contribution in [0.1, 0.15) is 31.7 Å². The van der Waals surface area contributed by atoms with Crippen molar-refractivity contribution < 1.29 is 19.0 Å². The van der Waals surface area contributed by atoms with Crippen LogP contribution >= 0.6 is 0 Å². The van der Waals surface area contributed by atoms with Crippen molar-refractivity contribution in [3.8, 4) is 5.75 Å². The highest BCUT2D eigenvalue weighted by Crippen LogP contribution is 2.23. The van der Waals surface area contributed by atoms with E-state index in [0.29, 0.717) is 13.2 Å². The average Bonchev–Trinajstić information content (AvgIpc) is 2.50. The van der Waals surface area contributed by atoms with E-state index in [2.05, 4.69) is 5.32 Å². The summed E-state index contributed by atoms with van der Waals surface area (Å²) in [5.41, 5.74) is 1.01. The summed E-state index contributed by atoms with van der Waals surface area (Å²) in [5, 5.41) is 3.07. The minimum Gasteiger partial charge on any atom is -0.465 e. The van der Waals surface area contributed by atoms with Gasteiger partial charge in [-0.15, -0.1) is 0 Å². The Morgan fingerprint density at radius 1 is 1.38 bits per heavy atom. The van der Waals surface area contributed by atoms with Gasteiger partial charge in [0, 0.05) is 18.5 Å². The van der Waals surface area contributed by atoms with Gasteiger partial charge in [-0.1, -0.05) is 18.2 Å². The molecule has 0 amide bonds. The van der Waals surface area contributed by atoms with Gasteiger partial charge in [0.25, 0.3) is 0 Å². The van der Waals surface area contributed by atoms with E-state index in [1.165, 1.54) is 0 Å². The van der Waals surface area contributed by atoms with Crippen molar-refractivity contribution in [3.63, 3.8) is 0 Å². The molecule has 1 aromatic carbocycles. The van der Waals surface area contributed by atoms with Crippen molar-refractivity contribution in [1.82, 2.24) is 5.32 Å². The zero-order chi connectivity index (χ0) is 14.9. The lowest BCUT2D eigenvalue weighted by atomic mass is 10.2. The summed E-state index contributed by atoms with van der Waals surface area (Å²) in [6.45, 7) is 3.71. The van der Waals surface area contributed by atoms with Gasteiger partial charge in [0.05, 0.1) is 19.8 Å². The Balaban J connectivity index is 1.85. The summed E-state index contributed by atoms with van der Waals surface area (Å²) in [5.74, 6) is 0.562. The van der Waals surface area contributed by atoms with Crippen molar-refractivity contribution >= 4 is 5.97 Å². The first kappa shape index (κ1) is 15.8. The first-order valence-corrected chi connectivity index (χ1v) is 7.52. The third-order valence-corrected chi connectivity index (χ3v) is 3.26. The van der Waals surface area contributed by atoms with E-state index in [-0.39, 0.29) is 18.8 Å². The number of carbonyl (C=O) groups is 1. The number of rotatable bonds is 7. The first-order chi connectivity index (χ1) is 10.3. The molecule has 1 unspecified atom stereocenters. The summed E-state index contributed by atoms with van der Waals surface area (Å²) >= 11 is 0. The quantitative estimate of drug-likeness (QED) is 0.781. The second kappa shape index (κ2) is 8.64. The molecule has 0 radical (unpaired) electrons. The van der Waals surface area contributed by atoms with Gasteiger partial charge in [-0.3, -0.25) is 4.79 Å². The topological polar surface area (TPSA) is 56.8 Å². The van der Waals surface area contributed by atoms with Gasteiger partial charge in [0.15, 0.2) is 6.29 Å². The maximum Gasteiger partial charge on any atom is 0.319 e. The molecule has 1 aliphatic heterocycles. The molecule has 1 heterocycles. The Kier molecular flexibility index (Phi) is 6.50. The fourth-order valence-corrected chi connectivity index (χ4v) is 2.22. The number of esters is 1. The molecule has 0 aliphatic carbocycles. The highest BCUT2D eigenvalue weighted by molar-refractivity contribution is 5.71. The van der Waals surface area contributed by atoms with Crippen LogP contribution in [0.15, 0.2) is 24.3 Å². The van der Waals surface area contributed by atoms with E-state index >= 15 is 0 Å². The lowest BCUT2D eigenvalue weighted by Crippen LogP contribution is -2.27. The van der Waals surface area contributed by atoms with Gasteiger partial charge in [0.1, 0.15) is 5.75 Å². The smallest absolute Gasteiger partial charge is 0.319 e. The largest absolute Gasteiger partial charge is 0.465 e. The monoisotopic (exact) mass is 293 g/mol. The summed E-state index contributed by atoms with van der Waals surface area (Å²) in [6.07, 6.45) is 2.99. The SMILES string of the molecule is CCOC(=O)CNCc1ccccc1OC1CCCCO1. The summed E-state index contributed by atoms with van der Waals surface area (Å²) < 4.78 is 16.4. The third-order valence-electron chi connectivity index (χ3n) is 3.26. The minimum absolute atomic E-state index is 0.162. The van der Waals surface area contributed by atoms with E-state index in [1.54, 1.807) is 6.92 Å². The molecule has 1 N–H and O–H groups in total. The lowest BCUT2D eigenvalue weighted by molar-refractivity contribution is -0.142. The zero-order valence-corrected chi connectivity index (χ0v) is 12.5. The number of benzene rings is 1. The van der Waals surface area contributed by atoms with Crippen LogP contribution < -0.4 is 10.1 Å². The molecule has 5 heteroatoms. The predicted octanol–water partition coefficient (Wildman–Crippen LogP) is 2.24. The normalized spacial score (nSPS) is 18.2. The molecule has 0 aromatic heterocycles. The molecule has 5 nitrogen and oxygen atoms in total. The fourth-order valence-electron chi connectivity index (χ4n) is 2.22. The average molecular weight is 293 g/mol. The van der Waals surface area contributed by atoms with Gasteiger partial charge in [-0.05, 0) is 25.8 Å². The Labute approximate surface area is 125 Å². The van der Waals surface area contributed by atoms with Crippen LogP contribution in [0.3, 0.4) is 0 Å². The molecule has 2 rings (SSSR count). The molecule has 1 aliphatic rings. The third kappa shape index (κ3) is 5.36. The number of ether oxygens (including phenoxy) is 3. The molecular formula is C16H23NO4. The molecule has 1 saturated heterocycles. The summed E-state index contributed by atoms with van der Waals surface area (Å²) in [7, 11) is 0. The standard InChI is InChI=1S/C16H23NO4/c1-2-19-15(18)12-17-11-13-7-3-4-8-14(13)21-16-9-5-6-10-20-16/h3-4,7-8,16-17H,2,5-6,9-12H2,1H3. The second-order valence-corrected chi connectivity index (χ2v) is 4.93. The summed E-state index contributed by atoms with van der Waals surface area (Å²) in [6, 6.07) is 7.80. The molecule has 0 spiro atoms. The summed E-state index contributed by atoms with van der Waals surface area (Å²) in [4.78, 5) is 11.3. The molecule has 21 heavy (non-hydrogen) atoms. The molecule has 0 saturated carbocycles. The number of hydrogen-bond acceptors (Lipinski definition) is 5. The fraction of sp³-hybridized carbons (Fsp3) is 0.562. The molecule has 1 aromatic rings. The minimum atomic E-state index is -0.244. The highest BCUT2D eigenvalue weighted by Gasteiger charge is 2.16. The van der Waals surface area contributed by atoms with E-state index < -0.39 is 0 Å².